The minimum absolute atomic E-state index is 0.203. The summed E-state index contributed by atoms with van der Waals surface area (Å²) in [6, 6.07) is 7.75. The summed E-state index contributed by atoms with van der Waals surface area (Å²) in [4.78, 5) is 15.2. The van der Waals surface area contributed by atoms with Gasteiger partial charge in [-0.3, -0.25) is 4.79 Å². The van der Waals surface area contributed by atoms with Gasteiger partial charge in [-0.25, -0.2) is 0 Å². The van der Waals surface area contributed by atoms with Crippen LogP contribution in [0.3, 0.4) is 0 Å². The number of carbonyl (C=O) groups excluding carboxylic acids is 1. The number of carbonyl (C=O) groups is 1. The maximum atomic E-state index is 13.2. The molecule has 1 amide bonds. The average Bonchev–Trinajstić information content (AvgIpc) is 2.46. The van der Waals surface area contributed by atoms with E-state index < -0.39 is 0 Å². The van der Waals surface area contributed by atoms with Crippen LogP contribution >= 0.6 is 11.6 Å². The van der Waals surface area contributed by atoms with E-state index in [1.807, 2.05) is 36.1 Å². The smallest absolute Gasteiger partial charge is 0.233 e. The van der Waals surface area contributed by atoms with E-state index in [1.54, 1.807) is 0 Å². The number of likely N-dealkylation sites (tertiary alicyclic amines) is 1. The van der Waals surface area contributed by atoms with E-state index in [9.17, 15) is 9.90 Å². The van der Waals surface area contributed by atoms with Crippen LogP contribution in [-0.2, 0) is 10.2 Å². The molecule has 1 saturated heterocycles. The Hall–Kier alpha value is -1.06. The average molecular weight is 322 g/mol. The molecule has 1 aromatic carbocycles. The van der Waals surface area contributed by atoms with Crippen molar-refractivity contribution in [2.45, 2.75) is 50.5 Å². The van der Waals surface area contributed by atoms with Crippen molar-refractivity contribution in [2.24, 2.45) is 5.92 Å². The van der Waals surface area contributed by atoms with Crippen LogP contribution in [0.15, 0.2) is 24.3 Å². The number of hydrogen-bond donors (Lipinski definition) is 1. The largest absolute Gasteiger partial charge is 0.393 e. The summed E-state index contributed by atoms with van der Waals surface area (Å²) in [6.45, 7) is 3.32. The number of rotatable bonds is 3. The Morgan fingerprint density at radius 1 is 1.41 bits per heavy atom. The van der Waals surface area contributed by atoms with Crippen LogP contribution in [0.1, 0.15) is 44.6 Å². The van der Waals surface area contributed by atoms with Crippen LogP contribution in [0, 0.1) is 5.92 Å². The fourth-order valence-corrected chi connectivity index (χ4v) is 4.02. The van der Waals surface area contributed by atoms with Gasteiger partial charge < -0.3 is 10.0 Å². The van der Waals surface area contributed by atoms with Crippen LogP contribution in [0.2, 0.25) is 5.02 Å². The Balaban J connectivity index is 1.83. The monoisotopic (exact) mass is 321 g/mol. The topological polar surface area (TPSA) is 40.5 Å². The highest BCUT2D eigenvalue weighted by Gasteiger charge is 2.48. The molecular formula is C18H24ClNO2. The summed E-state index contributed by atoms with van der Waals surface area (Å²) in [5.41, 5.74) is 0.668. The van der Waals surface area contributed by atoms with Gasteiger partial charge in [-0.15, -0.1) is 0 Å². The van der Waals surface area contributed by atoms with Crippen molar-refractivity contribution in [2.75, 3.05) is 13.1 Å². The van der Waals surface area contributed by atoms with Gasteiger partial charge in [0.05, 0.1) is 11.5 Å². The van der Waals surface area contributed by atoms with Crippen LogP contribution in [0.5, 0.6) is 0 Å². The fourth-order valence-electron chi connectivity index (χ4n) is 3.83. The zero-order valence-corrected chi connectivity index (χ0v) is 13.9. The molecule has 0 aromatic heterocycles. The van der Waals surface area contributed by atoms with Crippen molar-refractivity contribution in [1.29, 1.82) is 0 Å². The van der Waals surface area contributed by atoms with Crippen LogP contribution in [0.4, 0.5) is 0 Å². The van der Waals surface area contributed by atoms with Crippen molar-refractivity contribution in [3.63, 3.8) is 0 Å². The number of nitrogens with zero attached hydrogens (tertiary/aromatic N) is 1. The van der Waals surface area contributed by atoms with E-state index in [2.05, 4.69) is 0 Å². The number of halogens is 1. The maximum Gasteiger partial charge on any atom is 0.233 e. The van der Waals surface area contributed by atoms with Crippen molar-refractivity contribution < 1.29 is 9.90 Å². The molecule has 120 valence electrons. The first-order valence-corrected chi connectivity index (χ1v) is 8.64. The molecule has 2 fully saturated rings. The number of aliphatic hydroxyl groups is 1. The fraction of sp³-hybridized carbons (Fsp3) is 0.611. The zero-order valence-electron chi connectivity index (χ0n) is 13.1. The Labute approximate surface area is 137 Å². The van der Waals surface area contributed by atoms with E-state index >= 15 is 0 Å². The molecule has 1 aliphatic heterocycles. The Morgan fingerprint density at radius 2 is 2.18 bits per heavy atom. The standard InChI is InChI=1S/C18H24ClNO2/c1-13(21)14-5-3-10-20(12-14)17(22)18(8-4-9-18)15-6-2-7-16(19)11-15/h2,6-7,11,13-14,21H,3-5,8-10,12H2,1H3. The molecule has 1 N–H and O–H groups in total. The van der Waals surface area contributed by atoms with Gasteiger partial charge in [-0.05, 0) is 50.3 Å². The lowest BCUT2D eigenvalue weighted by atomic mass is 9.63. The first-order valence-electron chi connectivity index (χ1n) is 8.26. The highest BCUT2D eigenvalue weighted by Crippen LogP contribution is 2.46. The number of aliphatic hydroxyl groups excluding tert-OH is 1. The highest BCUT2D eigenvalue weighted by atomic mass is 35.5. The van der Waals surface area contributed by atoms with Gasteiger partial charge in [-0.1, -0.05) is 30.2 Å². The third-order valence-corrected chi connectivity index (χ3v) is 5.66. The van der Waals surface area contributed by atoms with E-state index in [-0.39, 0.29) is 23.3 Å². The first kappa shape index (κ1) is 15.8. The second-order valence-corrected chi connectivity index (χ2v) is 7.28. The molecule has 0 radical (unpaired) electrons. The van der Waals surface area contributed by atoms with Gasteiger partial charge >= 0.3 is 0 Å². The van der Waals surface area contributed by atoms with Gasteiger partial charge in [-0.2, -0.15) is 0 Å². The summed E-state index contributed by atoms with van der Waals surface area (Å²) >= 11 is 6.13. The third-order valence-electron chi connectivity index (χ3n) is 5.42. The van der Waals surface area contributed by atoms with Crippen LogP contribution < -0.4 is 0 Å². The van der Waals surface area contributed by atoms with Gasteiger partial charge in [0.2, 0.25) is 5.91 Å². The molecule has 2 aliphatic rings. The maximum absolute atomic E-state index is 13.2. The molecule has 4 heteroatoms. The lowest BCUT2D eigenvalue weighted by Crippen LogP contribution is -2.54. The Bertz CT molecular complexity index is 554. The van der Waals surface area contributed by atoms with E-state index in [0.29, 0.717) is 11.6 Å². The van der Waals surface area contributed by atoms with Crippen LogP contribution in [-0.4, -0.2) is 35.1 Å². The molecule has 0 spiro atoms. The van der Waals surface area contributed by atoms with E-state index in [1.165, 1.54) is 0 Å². The normalized spacial score (nSPS) is 25.4. The number of benzene rings is 1. The highest BCUT2D eigenvalue weighted by molar-refractivity contribution is 6.30. The SMILES string of the molecule is CC(O)C1CCCN(C(=O)C2(c3cccc(Cl)c3)CCC2)C1. The molecule has 3 nitrogen and oxygen atoms in total. The second kappa shape index (κ2) is 6.21. The molecule has 1 heterocycles. The molecule has 2 unspecified atom stereocenters. The van der Waals surface area contributed by atoms with Gasteiger partial charge in [0, 0.05) is 24.0 Å². The molecule has 1 saturated carbocycles. The molecule has 2 atom stereocenters. The summed E-state index contributed by atoms with van der Waals surface area (Å²) in [5.74, 6) is 0.431. The van der Waals surface area contributed by atoms with E-state index in [0.717, 1.165) is 44.2 Å². The number of piperidine rings is 1. The second-order valence-electron chi connectivity index (χ2n) is 6.84. The predicted molar refractivity (Wildman–Crippen MR) is 88.0 cm³/mol. The minimum atomic E-state index is -0.383. The van der Waals surface area contributed by atoms with Crippen molar-refractivity contribution in [3.05, 3.63) is 34.9 Å². The zero-order chi connectivity index (χ0) is 15.7. The summed E-state index contributed by atoms with van der Waals surface area (Å²) in [6.07, 6.45) is 4.54. The number of amides is 1. The molecule has 1 aromatic rings. The van der Waals surface area contributed by atoms with Crippen molar-refractivity contribution in [3.8, 4) is 0 Å². The minimum Gasteiger partial charge on any atom is -0.393 e. The van der Waals surface area contributed by atoms with E-state index in [4.69, 9.17) is 11.6 Å². The molecule has 0 bridgehead atoms. The van der Waals surface area contributed by atoms with Crippen molar-refractivity contribution >= 4 is 17.5 Å². The van der Waals surface area contributed by atoms with Crippen LogP contribution in [0.25, 0.3) is 0 Å². The van der Waals surface area contributed by atoms with Gasteiger partial charge in [0.15, 0.2) is 0 Å². The van der Waals surface area contributed by atoms with Crippen molar-refractivity contribution in [1.82, 2.24) is 4.90 Å². The molecular weight excluding hydrogens is 298 g/mol. The predicted octanol–water partition coefficient (Wildman–Crippen LogP) is 3.38. The molecule has 3 rings (SSSR count). The molecule has 22 heavy (non-hydrogen) atoms. The Kier molecular flexibility index (Phi) is 4.47. The summed E-state index contributed by atoms with van der Waals surface area (Å²) < 4.78 is 0. The lowest BCUT2D eigenvalue weighted by molar-refractivity contribution is -0.143. The number of hydrogen-bond acceptors (Lipinski definition) is 2. The Morgan fingerprint density at radius 3 is 2.77 bits per heavy atom. The summed E-state index contributed by atoms with van der Waals surface area (Å²) in [7, 11) is 0. The summed E-state index contributed by atoms with van der Waals surface area (Å²) in [5, 5.41) is 10.5. The lowest BCUT2D eigenvalue weighted by Gasteiger charge is -2.46. The molecule has 1 aliphatic carbocycles. The first-order chi connectivity index (χ1) is 10.5. The third kappa shape index (κ3) is 2.77. The van der Waals surface area contributed by atoms with Gasteiger partial charge in [0.1, 0.15) is 0 Å². The quantitative estimate of drug-likeness (QED) is 0.927. The van der Waals surface area contributed by atoms with Gasteiger partial charge in [0.25, 0.3) is 0 Å².